The Labute approximate surface area is 161 Å². The van der Waals surface area contributed by atoms with Crippen molar-refractivity contribution in [3.63, 3.8) is 0 Å². The molecule has 0 saturated carbocycles. The lowest BCUT2D eigenvalue weighted by Gasteiger charge is -2.17. The van der Waals surface area contributed by atoms with Gasteiger partial charge in [0.05, 0.1) is 32.5 Å². The van der Waals surface area contributed by atoms with Crippen LogP contribution in [-0.2, 0) is 0 Å². The predicted octanol–water partition coefficient (Wildman–Crippen LogP) is 2.69. The molecule has 1 unspecified atom stereocenters. The molecule has 0 spiro atoms. The number of anilines is 1. The van der Waals surface area contributed by atoms with E-state index in [1.165, 1.54) is 19.1 Å². The Hall–Kier alpha value is -1.43. The normalized spacial score (nSPS) is 18.6. The Balaban J connectivity index is 0.00000312. The van der Waals surface area contributed by atoms with Gasteiger partial charge in [-0.05, 0) is 18.6 Å². The average Bonchev–Trinajstić information content (AvgIpc) is 2.91. The van der Waals surface area contributed by atoms with Crippen molar-refractivity contribution in [2.24, 2.45) is 10.7 Å². The molecule has 1 fully saturated rings. The number of nitrogens with one attached hydrogen (secondary N) is 1. The van der Waals surface area contributed by atoms with E-state index in [9.17, 15) is 13.2 Å². The second-order valence-corrected chi connectivity index (χ2v) is 5.50. The lowest BCUT2D eigenvalue weighted by molar-refractivity contribution is -0.143. The van der Waals surface area contributed by atoms with E-state index in [-0.39, 0.29) is 42.5 Å². The van der Waals surface area contributed by atoms with Crippen LogP contribution in [0.2, 0.25) is 0 Å². The highest BCUT2D eigenvalue weighted by Gasteiger charge is 2.34. The van der Waals surface area contributed by atoms with Gasteiger partial charge in [0, 0.05) is 19.2 Å². The van der Waals surface area contributed by atoms with Gasteiger partial charge in [0.25, 0.3) is 0 Å². The van der Waals surface area contributed by atoms with Gasteiger partial charge in [-0.3, -0.25) is 4.90 Å². The summed E-state index contributed by atoms with van der Waals surface area (Å²) in [5.41, 5.74) is 6.45. The number of methoxy groups -OCH3 is 2. The highest BCUT2D eigenvalue weighted by Crippen LogP contribution is 2.29. The molecule has 0 bridgehead atoms. The van der Waals surface area contributed by atoms with Crippen molar-refractivity contribution in [3.8, 4) is 11.5 Å². The molecule has 1 aromatic carbocycles. The van der Waals surface area contributed by atoms with Gasteiger partial charge in [-0.1, -0.05) is 0 Å². The summed E-state index contributed by atoms with van der Waals surface area (Å²) in [5.74, 6) is 1.29. The number of benzene rings is 1. The zero-order valence-electron chi connectivity index (χ0n) is 14.0. The fraction of sp³-hybridized carbons (Fsp3) is 0.533. The summed E-state index contributed by atoms with van der Waals surface area (Å²) >= 11 is 0. The molecule has 2 rings (SSSR count). The summed E-state index contributed by atoms with van der Waals surface area (Å²) in [5, 5.41) is 2.91. The zero-order chi connectivity index (χ0) is 17.7. The molecule has 0 aromatic heterocycles. The average molecular weight is 474 g/mol. The quantitative estimate of drug-likeness (QED) is 0.390. The molecule has 1 aromatic rings. The standard InChI is InChI=1S/C15H21F3N4O2.HI/c1-23-11-3-4-13(24-2)12(7-11)21-14(19)20-10-5-6-22(8-10)9-15(16,17)18;/h3-4,7,10H,5-6,8-9H2,1-2H3,(H3,19,20,21);1H. The van der Waals surface area contributed by atoms with Gasteiger partial charge >= 0.3 is 6.18 Å². The van der Waals surface area contributed by atoms with Gasteiger partial charge in [-0.15, -0.1) is 24.0 Å². The molecule has 25 heavy (non-hydrogen) atoms. The second-order valence-electron chi connectivity index (χ2n) is 5.50. The highest BCUT2D eigenvalue weighted by atomic mass is 127. The van der Waals surface area contributed by atoms with Crippen LogP contribution in [0.25, 0.3) is 0 Å². The highest BCUT2D eigenvalue weighted by molar-refractivity contribution is 14.0. The minimum Gasteiger partial charge on any atom is -0.497 e. The molecule has 1 aliphatic rings. The predicted molar refractivity (Wildman–Crippen MR) is 101 cm³/mol. The van der Waals surface area contributed by atoms with Gasteiger partial charge in [0.1, 0.15) is 11.5 Å². The Morgan fingerprint density at radius 1 is 1.36 bits per heavy atom. The van der Waals surface area contributed by atoms with Gasteiger partial charge < -0.3 is 20.5 Å². The molecule has 1 aliphatic heterocycles. The van der Waals surface area contributed by atoms with Crippen molar-refractivity contribution in [2.45, 2.75) is 18.6 Å². The van der Waals surface area contributed by atoms with Crippen molar-refractivity contribution in [1.82, 2.24) is 4.90 Å². The lowest BCUT2D eigenvalue weighted by atomic mass is 10.2. The minimum absolute atomic E-state index is 0. The van der Waals surface area contributed by atoms with E-state index in [2.05, 4.69) is 10.3 Å². The molecule has 0 radical (unpaired) electrons. The van der Waals surface area contributed by atoms with Crippen LogP contribution in [0.4, 0.5) is 18.9 Å². The van der Waals surface area contributed by atoms with Crippen LogP contribution < -0.4 is 20.5 Å². The van der Waals surface area contributed by atoms with Crippen molar-refractivity contribution >= 4 is 35.6 Å². The maximum Gasteiger partial charge on any atom is 0.401 e. The van der Waals surface area contributed by atoms with Crippen molar-refractivity contribution in [2.75, 3.05) is 39.2 Å². The van der Waals surface area contributed by atoms with E-state index in [4.69, 9.17) is 15.2 Å². The third-order valence-electron chi connectivity index (χ3n) is 3.64. The van der Waals surface area contributed by atoms with Crippen molar-refractivity contribution < 1.29 is 22.6 Å². The first-order valence-corrected chi connectivity index (χ1v) is 7.42. The number of guanidine groups is 1. The molecule has 6 nitrogen and oxygen atoms in total. The third kappa shape index (κ3) is 6.77. The van der Waals surface area contributed by atoms with Crippen LogP contribution in [-0.4, -0.2) is 56.9 Å². The van der Waals surface area contributed by atoms with E-state index < -0.39 is 12.7 Å². The molecule has 0 aliphatic carbocycles. The number of aliphatic imine (C=N–C) groups is 1. The number of alkyl halides is 3. The fourth-order valence-electron chi connectivity index (χ4n) is 2.59. The number of hydrogen-bond donors (Lipinski definition) is 2. The largest absolute Gasteiger partial charge is 0.497 e. The Morgan fingerprint density at radius 3 is 2.68 bits per heavy atom. The third-order valence-corrected chi connectivity index (χ3v) is 3.64. The van der Waals surface area contributed by atoms with Crippen LogP contribution in [0, 0.1) is 0 Å². The van der Waals surface area contributed by atoms with E-state index >= 15 is 0 Å². The first-order valence-electron chi connectivity index (χ1n) is 7.42. The SMILES string of the molecule is COc1ccc(OC)c(NC(N)=NC2CCN(CC(F)(F)F)C2)c1.I. The molecule has 1 atom stereocenters. The van der Waals surface area contributed by atoms with Crippen molar-refractivity contribution in [1.29, 1.82) is 0 Å². The molecule has 1 heterocycles. The molecule has 3 N–H and O–H groups in total. The second kappa shape index (κ2) is 9.32. The summed E-state index contributed by atoms with van der Waals surface area (Å²) in [7, 11) is 3.06. The topological polar surface area (TPSA) is 72.1 Å². The molecule has 1 saturated heterocycles. The van der Waals surface area contributed by atoms with Crippen LogP contribution in [0.3, 0.4) is 0 Å². The van der Waals surface area contributed by atoms with E-state index in [0.29, 0.717) is 30.2 Å². The summed E-state index contributed by atoms with van der Waals surface area (Å²) in [6.07, 6.45) is -3.66. The van der Waals surface area contributed by atoms with E-state index in [0.717, 1.165) is 0 Å². The molecule has 0 amide bonds. The monoisotopic (exact) mass is 474 g/mol. The number of rotatable bonds is 5. The Morgan fingerprint density at radius 2 is 2.08 bits per heavy atom. The fourth-order valence-corrected chi connectivity index (χ4v) is 2.59. The number of nitrogens with zero attached hydrogens (tertiary/aromatic N) is 2. The maximum atomic E-state index is 12.4. The number of ether oxygens (including phenoxy) is 2. The zero-order valence-corrected chi connectivity index (χ0v) is 16.3. The summed E-state index contributed by atoms with van der Waals surface area (Å²) in [6, 6.07) is 4.89. The molecule has 10 heteroatoms. The smallest absolute Gasteiger partial charge is 0.401 e. The Bertz CT molecular complexity index is 599. The summed E-state index contributed by atoms with van der Waals surface area (Å²) in [6.45, 7) is -0.337. The maximum absolute atomic E-state index is 12.4. The number of hydrogen-bond acceptors (Lipinski definition) is 4. The van der Waals surface area contributed by atoms with Crippen LogP contribution in [0.5, 0.6) is 11.5 Å². The van der Waals surface area contributed by atoms with Crippen molar-refractivity contribution in [3.05, 3.63) is 18.2 Å². The molecular formula is C15H22F3IN4O2. The Kier molecular flexibility index (Phi) is 8.06. The van der Waals surface area contributed by atoms with Gasteiger partial charge in [0.15, 0.2) is 5.96 Å². The number of likely N-dealkylation sites (tertiary alicyclic amines) is 1. The molecular weight excluding hydrogens is 452 g/mol. The molecule has 142 valence electrons. The van der Waals surface area contributed by atoms with Crippen LogP contribution >= 0.6 is 24.0 Å². The number of halogens is 4. The van der Waals surface area contributed by atoms with Gasteiger partial charge in [-0.2, -0.15) is 13.2 Å². The van der Waals surface area contributed by atoms with Crippen LogP contribution in [0.1, 0.15) is 6.42 Å². The van der Waals surface area contributed by atoms with E-state index in [1.807, 2.05) is 0 Å². The summed E-state index contributed by atoms with van der Waals surface area (Å²) in [4.78, 5) is 5.59. The van der Waals surface area contributed by atoms with Gasteiger partial charge in [0.2, 0.25) is 0 Å². The van der Waals surface area contributed by atoms with Gasteiger partial charge in [-0.25, -0.2) is 4.99 Å². The lowest BCUT2D eigenvalue weighted by Crippen LogP contribution is -2.33. The minimum atomic E-state index is -4.20. The van der Waals surface area contributed by atoms with Crippen LogP contribution in [0.15, 0.2) is 23.2 Å². The summed E-state index contributed by atoms with van der Waals surface area (Å²) < 4.78 is 47.6. The van der Waals surface area contributed by atoms with E-state index in [1.54, 1.807) is 18.2 Å². The number of nitrogens with two attached hydrogens (primary N) is 1. The first kappa shape index (κ1) is 21.6. The first-order chi connectivity index (χ1) is 11.3.